The van der Waals surface area contributed by atoms with Gasteiger partial charge in [0, 0.05) is 23.1 Å². The van der Waals surface area contributed by atoms with Gasteiger partial charge < -0.3 is 14.5 Å². The molecule has 0 bridgehead atoms. The Hall–Kier alpha value is -2.75. The molecule has 1 aromatic heterocycles. The molecule has 2 aromatic carbocycles. The maximum atomic E-state index is 12.2. The van der Waals surface area contributed by atoms with Gasteiger partial charge in [-0.25, -0.2) is 0 Å². The molecule has 0 saturated carbocycles. The molecule has 1 N–H and O–H groups in total. The van der Waals surface area contributed by atoms with Gasteiger partial charge in [-0.1, -0.05) is 30.3 Å². The number of hydrogen-bond donors (Lipinski definition) is 1. The number of hydrogen-bond acceptors (Lipinski definition) is 3. The number of amides is 1. The first-order chi connectivity index (χ1) is 11.2. The quantitative estimate of drug-likeness (QED) is 0.783. The van der Waals surface area contributed by atoms with Crippen molar-refractivity contribution in [3.8, 4) is 5.75 Å². The summed E-state index contributed by atoms with van der Waals surface area (Å²) in [6.07, 6.45) is 1.96. The van der Waals surface area contributed by atoms with Gasteiger partial charge in [0.1, 0.15) is 11.3 Å². The van der Waals surface area contributed by atoms with Crippen LogP contribution in [0.4, 0.5) is 0 Å². The number of carbonyl (C=O) groups is 1. The Morgan fingerprint density at radius 1 is 1.17 bits per heavy atom. The maximum Gasteiger partial charge on any atom is 0.224 e. The van der Waals surface area contributed by atoms with Crippen LogP contribution in [0.25, 0.3) is 11.0 Å². The molecule has 4 heteroatoms. The molecular formula is C19H19NO3. The molecule has 118 valence electrons. The van der Waals surface area contributed by atoms with Crippen molar-refractivity contribution < 1.29 is 13.9 Å². The summed E-state index contributed by atoms with van der Waals surface area (Å²) in [6.45, 7) is 2.46. The highest BCUT2D eigenvalue weighted by atomic mass is 16.5. The Kier molecular flexibility index (Phi) is 4.33. The molecule has 4 nitrogen and oxygen atoms in total. The van der Waals surface area contributed by atoms with Crippen LogP contribution in [0.15, 0.2) is 53.1 Å². The number of nitrogens with one attached hydrogen (secondary N) is 1. The zero-order valence-corrected chi connectivity index (χ0v) is 13.3. The summed E-state index contributed by atoms with van der Waals surface area (Å²) in [4.78, 5) is 12.2. The van der Waals surface area contributed by atoms with Crippen LogP contribution in [0.5, 0.6) is 5.75 Å². The first-order valence-corrected chi connectivity index (χ1v) is 7.52. The molecular weight excluding hydrogens is 290 g/mol. The van der Waals surface area contributed by atoms with Gasteiger partial charge in [0.05, 0.1) is 19.8 Å². The fourth-order valence-electron chi connectivity index (χ4n) is 2.61. The average molecular weight is 309 g/mol. The molecule has 0 atom stereocenters. The molecule has 0 radical (unpaired) electrons. The van der Waals surface area contributed by atoms with E-state index in [0.717, 1.165) is 33.4 Å². The number of furan rings is 1. The van der Waals surface area contributed by atoms with E-state index < -0.39 is 0 Å². The van der Waals surface area contributed by atoms with Crippen LogP contribution in [0.2, 0.25) is 0 Å². The van der Waals surface area contributed by atoms with Crippen LogP contribution in [0.3, 0.4) is 0 Å². The first kappa shape index (κ1) is 15.2. The summed E-state index contributed by atoms with van der Waals surface area (Å²) in [5.41, 5.74) is 3.81. The first-order valence-electron chi connectivity index (χ1n) is 7.52. The van der Waals surface area contributed by atoms with Crippen LogP contribution in [-0.2, 0) is 17.8 Å². The molecule has 0 fully saturated rings. The zero-order chi connectivity index (χ0) is 16.2. The van der Waals surface area contributed by atoms with Gasteiger partial charge in [0.25, 0.3) is 0 Å². The van der Waals surface area contributed by atoms with E-state index in [1.54, 1.807) is 13.4 Å². The van der Waals surface area contributed by atoms with Crippen molar-refractivity contribution in [2.45, 2.75) is 19.9 Å². The molecule has 23 heavy (non-hydrogen) atoms. The Labute approximate surface area is 135 Å². The summed E-state index contributed by atoms with van der Waals surface area (Å²) >= 11 is 0. The van der Waals surface area contributed by atoms with Gasteiger partial charge in [-0.2, -0.15) is 0 Å². The minimum atomic E-state index is -0.0424. The summed E-state index contributed by atoms with van der Waals surface area (Å²) in [7, 11) is 1.63. The average Bonchev–Trinajstić information content (AvgIpc) is 2.95. The van der Waals surface area contributed by atoms with E-state index in [2.05, 4.69) is 5.32 Å². The largest absolute Gasteiger partial charge is 0.496 e. The van der Waals surface area contributed by atoms with E-state index in [4.69, 9.17) is 9.15 Å². The number of carbonyl (C=O) groups excluding carboxylic acids is 1. The van der Waals surface area contributed by atoms with Crippen molar-refractivity contribution in [3.63, 3.8) is 0 Å². The van der Waals surface area contributed by atoms with Gasteiger partial charge >= 0.3 is 0 Å². The number of methoxy groups -OCH3 is 1. The van der Waals surface area contributed by atoms with E-state index in [1.165, 1.54) is 0 Å². The number of rotatable bonds is 5. The van der Waals surface area contributed by atoms with Gasteiger partial charge in [0.2, 0.25) is 5.91 Å². The van der Waals surface area contributed by atoms with Crippen LogP contribution < -0.4 is 10.1 Å². The molecule has 1 heterocycles. The standard InChI is InChI=1S/C19H19NO3/c1-13-7-8-16-15(12-23-18(16)9-13)10-19(21)20-11-14-5-3-4-6-17(14)22-2/h3-9,12H,10-11H2,1-2H3,(H,20,21). The molecule has 0 spiro atoms. The zero-order valence-electron chi connectivity index (χ0n) is 13.3. The van der Waals surface area contributed by atoms with Crippen LogP contribution in [-0.4, -0.2) is 13.0 Å². The van der Waals surface area contributed by atoms with E-state index in [1.807, 2.05) is 49.4 Å². The van der Waals surface area contributed by atoms with Crippen molar-refractivity contribution in [1.29, 1.82) is 0 Å². The molecule has 0 aliphatic rings. The Morgan fingerprint density at radius 3 is 2.83 bits per heavy atom. The van der Waals surface area contributed by atoms with Crippen LogP contribution in [0.1, 0.15) is 16.7 Å². The van der Waals surface area contributed by atoms with Crippen molar-refractivity contribution >= 4 is 16.9 Å². The predicted octanol–water partition coefficient (Wildman–Crippen LogP) is 3.61. The van der Waals surface area contributed by atoms with E-state index >= 15 is 0 Å². The third kappa shape index (κ3) is 3.37. The lowest BCUT2D eigenvalue weighted by atomic mass is 10.1. The summed E-state index contributed by atoms with van der Waals surface area (Å²) in [5.74, 6) is 0.733. The van der Waals surface area contributed by atoms with Crippen LogP contribution >= 0.6 is 0 Å². The van der Waals surface area contributed by atoms with Gasteiger partial charge in [-0.15, -0.1) is 0 Å². The Bertz CT molecular complexity index is 836. The highest BCUT2D eigenvalue weighted by Crippen LogP contribution is 2.23. The van der Waals surface area contributed by atoms with Crippen LogP contribution in [0, 0.1) is 6.92 Å². The monoisotopic (exact) mass is 309 g/mol. The lowest BCUT2D eigenvalue weighted by molar-refractivity contribution is -0.120. The fraction of sp³-hybridized carbons (Fsp3) is 0.211. The maximum absolute atomic E-state index is 12.2. The van der Waals surface area contributed by atoms with E-state index in [9.17, 15) is 4.79 Å². The summed E-state index contributed by atoms with van der Waals surface area (Å²) in [6, 6.07) is 13.7. The number of fused-ring (bicyclic) bond motifs is 1. The lowest BCUT2D eigenvalue weighted by Crippen LogP contribution is -2.24. The van der Waals surface area contributed by atoms with Crippen molar-refractivity contribution in [3.05, 3.63) is 65.4 Å². The number of aryl methyl sites for hydroxylation is 1. The summed E-state index contributed by atoms with van der Waals surface area (Å²) in [5, 5.41) is 3.92. The lowest BCUT2D eigenvalue weighted by Gasteiger charge is -2.09. The molecule has 0 aliphatic carbocycles. The third-order valence-electron chi connectivity index (χ3n) is 3.83. The number of benzene rings is 2. The number of ether oxygens (including phenoxy) is 1. The SMILES string of the molecule is COc1ccccc1CNC(=O)Cc1coc2cc(C)ccc12. The highest BCUT2D eigenvalue weighted by molar-refractivity contribution is 5.87. The second-order valence-corrected chi connectivity index (χ2v) is 5.53. The van der Waals surface area contributed by atoms with Gasteiger partial charge in [0.15, 0.2) is 0 Å². The Morgan fingerprint density at radius 2 is 2.00 bits per heavy atom. The smallest absolute Gasteiger partial charge is 0.224 e. The molecule has 0 saturated heterocycles. The number of para-hydroxylation sites is 1. The topological polar surface area (TPSA) is 51.5 Å². The molecule has 3 rings (SSSR count). The van der Waals surface area contributed by atoms with E-state index in [-0.39, 0.29) is 5.91 Å². The minimum absolute atomic E-state index is 0.0424. The predicted molar refractivity (Wildman–Crippen MR) is 89.5 cm³/mol. The molecule has 1 amide bonds. The van der Waals surface area contributed by atoms with Crippen molar-refractivity contribution in [2.75, 3.05) is 7.11 Å². The minimum Gasteiger partial charge on any atom is -0.496 e. The molecule has 3 aromatic rings. The van der Waals surface area contributed by atoms with E-state index in [0.29, 0.717) is 13.0 Å². The molecule has 0 unspecified atom stereocenters. The Balaban J connectivity index is 1.67. The fourth-order valence-corrected chi connectivity index (χ4v) is 2.61. The third-order valence-corrected chi connectivity index (χ3v) is 3.83. The van der Waals surface area contributed by atoms with Gasteiger partial charge in [-0.05, 0) is 24.6 Å². The summed E-state index contributed by atoms with van der Waals surface area (Å²) < 4.78 is 10.8. The second kappa shape index (κ2) is 6.57. The molecule has 0 aliphatic heterocycles. The van der Waals surface area contributed by atoms with Crippen molar-refractivity contribution in [1.82, 2.24) is 5.32 Å². The van der Waals surface area contributed by atoms with Crippen molar-refractivity contribution in [2.24, 2.45) is 0 Å². The second-order valence-electron chi connectivity index (χ2n) is 5.53. The van der Waals surface area contributed by atoms with Gasteiger partial charge in [-0.3, -0.25) is 4.79 Å². The highest BCUT2D eigenvalue weighted by Gasteiger charge is 2.11. The normalized spacial score (nSPS) is 10.7.